The van der Waals surface area contributed by atoms with Crippen LogP contribution in [-0.4, -0.2) is 36.6 Å². The fourth-order valence-electron chi connectivity index (χ4n) is 2.40. The van der Waals surface area contributed by atoms with Crippen molar-refractivity contribution in [1.82, 2.24) is 19.3 Å². The molecule has 27 heavy (non-hydrogen) atoms. The van der Waals surface area contributed by atoms with Crippen molar-refractivity contribution < 1.29 is 13.2 Å². The van der Waals surface area contributed by atoms with Crippen LogP contribution in [0.25, 0.3) is 11.3 Å². The Bertz CT molecular complexity index is 1060. The van der Waals surface area contributed by atoms with E-state index in [0.717, 1.165) is 5.56 Å². The van der Waals surface area contributed by atoms with Crippen LogP contribution in [0.4, 0.5) is 0 Å². The summed E-state index contributed by atoms with van der Waals surface area (Å²) in [5, 5.41) is 0. The summed E-state index contributed by atoms with van der Waals surface area (Å²) in [6, 6.07) is 11.6. The predicted octanol–water partition coefficient (Wildman–Crippen LogP) is 1.29. The van der Waals surface area contributed by atoms with Crippen molar-refractivity contribution in [2.45, 2.75) is 11.4 Å². The highest BCUT2D eigenvalue weighted by Crippen LogP contribution is 2.19. The molecule has 1 aromatic carbocycles. The number of nitrogens with one attached hydrogen (secondary N) is 1. The zero-order chi connectivity index (χ0) is 19.3. The monoisotopic (exact) mass is 386 g/mol. The van der Waals surface area contributed by atoms with Crippen LogP contribution in [0, 0.1) is 0 Å². The minimum Gasteiger partial charge on any atom is -0.497 e. The van der Waals surface area contributed by atoms with E-state index in [9.17, 15) is 13.2 Å². The van der Waals surface area contributed by atoms with E-state index >= 15 is 0 Å². The van der Waals surface area contributed by atoms with Gasteiger partial charge in [0.05, 0.1) is 19.1 Å². The molecule has 0 aliphatic carbocycles. The Kier molecular flexibility index (Phi) is 5.63. The number of nitrogens with zero attached hydrogens (tertiary/aromatic N) is 3. The van der Waals surface area contributed by atoms with Gasteiger partial charge in [-0.25, -0.2) is 18.1 Å². The molecular weight excluding hydrogens is 368 g/mol. The molecule has 8 nitrogen and oxygen atoms in total. The highest BCUT2D eigenvalue weighted by atomic mass is 32.2. The molecule has 1 N–H and O–H groups in total. The quantitative estimate of drug-likeness (QED) is 0.656. The third-order valence-electron chi connectivity index (χ3n) is 3.85. The molecule has 0 unspecified atom stereocenters. The molecule has 0 atom stereocenters. The van der Waals surface area contributed by atoms with Crippen molar-refractivity contribution in [3.8, 4) is 17.0 Å². The fraction of sp³-hybridized carbons (Fsp3) is 0.167. The predicted molar refractivity (Wildman–Crippen MR) is 99.9 cm³/mol. The zero-order valence-corrected chi connectivity index (χ0v) is 15.4. The molecule has 3 rings (SSSR count). The van der Waals surface area contributed by atoms with E-state index in [2.05, 4.69) is 14.7 Å². The molecule has 2 heterocycles. The van der Waals surface area contributed by atoms with Gasteiger partial charge in [-0.1, -0.05) is 0 Å². The molecule has 0 aliphatic heterocycles. The van der Waals surface area contributed by atoms with E-state index in [1.54, 1.807) is 25.3 Å². The van der Waals surface area contributed by atoms with Crippen molar-refractivity contribution in [3.05, 3.63) is 71.5 Å². The average molecular weight is 386 g/mol. The number of methoxy groups -OCH3 is 1. The minimum absolute atomic E-state index is 0.0562. The first-order valence-electron chi connectivity index (χ1n) is 8.10. The number of sulfonamides is 1. The zero-order valence-electron chi connectivity index (χ0n) is 14.6. The summed E-state index contributed by atoms with van der Waals surface area (Å²) in [6.45, 7) is 0.217. The Morgan fingerprint density at radius 2 is 1.96 bits per heavy atom. The van der Waals surface area contributed by atoms with Gasteiger partial charge in [0.2, 0.25) is 10.0 Å². The van der Waals surface area contributed by atoms with Crippen LogP contribution in [0.5, 0.6) is 5.75 Å². The Morgan fingerprint density at radius 1 is 1.19 bits per heavy atom. The summed E-state index contributed by atoms with van der Waals surface area (Å²) < 4.78 is 33.2. The Morgan fingerprint density at radius 3 is 2.59 bits per heavy atom. The third kappa shape index (κ3) is 4.57. The van der Waals surface area contributed by atoms with E-state index in [-0.39, 0.29) is 23.5 Å². The number of ether oxygens (including phenoxy) is 1. The lowest BCUT2D eigenvalue weighted by Crippen LogP contribution is -2.31. The minimum atomic E-state index is -3.66. The SMILES string of the molecule is COc1ccc(-c2cc(=O)n(CCNS(=O)(=O)c3cccnc3)cn2)cc1. The van der Waals surface area contributed by atoms with E-state index in [4.69, 9.17) is 4.74 Å². The summed E-state index contributed by atoms with van der Waals surface area (Å²) in [7, 11) is -2.08. The first-order valence-corrected chi connectivity index (χ1v) is 9.58. The third-order valence-corrected chi connectivity index (χ3v) is 5.30. The van der Waals surface area contributed by atoms with Gasteiger partial charge in [-0.15, -0.1) is 0 Å². The van der Waals surface area contributed by atoms with Crippen LogP contribution in [0.3, 0.4) is 0 Å². The second-order valence-electron chi connectivity index (χ2n) is 5.62. The van der Waals surface area contributed by atoms with Crippen LogP contribution in [0.2, 0.25) is 0 Å². The van der Waals surface area contributed by atoms with Crippen LogP contribution in [0.1, 0.15) is 0 Å². The smallest absolute Gasteiger partial charge is 0.253 e. The molecular formula is C18H18N4O4S. The second-order valence-corrected chi connectivity index (χ2v) is 7.39. The van der Waals surface area contributed by atoms with Gasteiger partial charge in [0, 0.05) is 37.1 Å². The van der Waals surface area contributed by atoms with Crippen LogP contribution in [-0.2, 0) is 16.6 Å². The van der Waals surface area contributed by atoms with Gasteiger partial charge in [-0.05, 0) is 36.4 Å². The van der Waals surface area contributed by atoms with Crippen molar-refractivity contribution in [1.29, 1.82) is 0 Å². The summed E-state index contributed by atoms with van der Waals surface area (Å²) in [4.78, 5) is 20.4. The molecule has 9 heteroatoms. The molecule has 0 radical (unpaired) electrons. The topological polar surface area (TPSA) is 103 Å². The van der Waals surface area contributed by atoms with Crippen LogP contribution in [0.15, 0.2) is 70.9 Å². The molecule has 0 amide bonds. The van der Waals surface area contributed by atoms with Crippen LogP contribution < -0.4 is 15.0 Å². The number of aromatic nitrogens is 3. The Hall–Kier alpha value is -3.04. The number of pyridine rings is 1. The lowest BCUT2D eigenvalue weighted by molar-refractivity contribution is 0.415. The van der Waals surface area contributed by atoms with E-state index < -0.39 is 10.0 Å². The number of rotatable bonds is 7. The molecule has 0 aliphatic rings. The Labute approximate surface area is 156 Å². The summed E-state index contributed by atoms with van der Waals surface area (Å²) in [6.07, 6.45) is 4.16. The van der Waals surface area contributed by atoms with Gasteiger partial charge < -0.3 is 4.74 Å². The largest absolute Gasteiger partial charge is 0.497 e. The first kappa shape index (κ1) is 18.7. The summed E-state index contributed by atoms with van der Waals surface area (Å²) in [5.74, 6) is 0.716. The van der Waals surface area contributed by atoms with E-state index in [0.29, 0.717) is 11.4 Å². The summed E-state index contributed by atoms with van der Waals surface area (Å²) >= 11 is 0. The average Bonchev–Trinajstić information content (AvgIpc) is 2.70. The van der Waals surface area contributed by atoms with Crippen molar-refractivity contribution in [2.75, 3.05) is 13.7 Å². The normalized spacial score (nSPS) is 11.3. The lowest BCUT2D eigenvalue weighted by Gasteiger charge is -2.09. The molecule has 0 bridgehead atoms. The molecule has 0 saturated carbocycles. The maximum atomic E-state index is 12.3. The fourth-order valence-corrected chi connectivity index (χ4v) is 3.39. The second kappa shape index (κ2) is 8.11. The van der Waals surface area contributed by atoms with Crippen molar-refractivity contribution >= 4 is 10.0 Å². The first-order chi connectivity index (χ1) is 13.0. The van der Waals surface area contributed by atoms with Crippen molar-refractivity contribution in [3.63, 3.8) is 0 Å². The van der Waals surface area contributed by atoms with Gasteiger partial charge in [-0.3, -0.25) is 14.3 Å². The molecule has 3 aromatic rings. The maximum absolute atomic E-state index is 12.3. The van der Waals surface area contributed by atoms with Gasteiger partial charge in [0.15, 0.2) is 0 Å². The van der Waals surface area contributed by atoms with Crippen molar-refractivity contribution in [2.24, 2.45) is 0 Å². The van der Waals surface area contributed by atoms with E-state index in [1.807, 2.05) is 12.1 Å². The standard InChI is InChI=1S/C18H18N4O4S/c1-26-15-6-4-14(5-7-15)17-11-18(23)22(13-20-17)10-9-21-27(24,25)16-3-2-8-19-12-16/h2-8,11-13,21H,9-10H2,1H3. The lowest BCUT2D eigenvalue weighted by atomic mass is 10.1. The summed E-state index contributed by atoms with van der Waals surface area (Å²) in [5.41, 5.74) is 1.06. The number of hydrogen-bond donors (Lipinski definition) is 1. The highest BCUT2D eigenvalue weighted by molar-refractivity contribution is 7.89. The molecule has 140 valence electrons. The molecule has 0 spiro atoms. The highest BCUT2D eigenvalue weighted by Gasteiger charge is 2.13. The number of hydrogen-bond acceptors (Lipinski definition) is 6. The van der Waals surface area contributed by atoms with Gasteiger partial charge in [0.25, 0.3) is 5.56 Å². The van der Waals surface area contributed by atoms with Gasteiger partial charge in [0.1, 0.15) is 10.6 Å². The maximum Gasteiger partial charge on any atom is 0.253 e. The molecule has 0 saturated heterocycles. The van der Waals surface area contributed by atoms with E-state index in [1.165, 1.54) is 35.4 Å². The van der Waals surface area contributed by atoms with Gasteiger partial charge >= 0.3 is 0 Å². The van der Waals surface area contributed by atoms with Crippen LogP contribution >= 0.6 is 0 Å². The Balaban J connectivity index is 1.67. The molecule has 2 aromatic heterocycles. The number of benzene rings is 1. The van der Waals surface area contributed by atoms with Gasteiger partial charge in [-0.2, -0.15) is 0 Å². The molecule has 0 fully saturated rings.